The molecule has 0 radical (unpaired) electrons. The zero-order chi connectivity index (χ0) is 19.9. The standard InChI is InChI=1S/C22H38N4O2.HI/c1-3-23-22(24-12-7-15-28-17-16-27-2)25-18-20-8-10-21(11-9-20)19-26-13-5-4-6-14-26;/h8-11H,3-7,12-19H2,1-2H3,(H2,23,24,25);1H. The molecule has 1 aliphatic heterocycles. The van der Waals surface area contributed by atoms with Crippen molar-refractivity contribution in [3.05, 3.63) is 35.4 Å². The number of guanidine groups is 1. The lowest BCUT2D eigenvalue weighted by molar-refractivity contribution is 0.0698. The minimum Gasteiger partial charge on any atom is -0.382 e. The minimum atomic E-state index is 0. The summed E-state index contributed by atoms with van der Waals surface area (Å²) < 4.78 is 10.4. The number of rotatable bonds is 12. The van der Waals surface area contributed by atoms with Crippen LogP contribution in [0.1, 0.15) is 43.7 Å². The fraction of sp³-hybridized carbons (Fsp3) is 0.682. The maximum Gasteiger partial charge on any atom is 0.191 e. The third kappa shape index (κ3) is 11.8. The summed E-state index contributed by atoms with van der Waals surface area (Å²) in [5.41, 5.74) is 2.63. The summed E-state index contributed by atoms with van der Waals surface area (Å²) in [4.78, 5) is 7.26. The van der Waals surface area contributed by atoms with Gasteiger partial charge in [-0.25, -0.2) is 4.99 Å². The Morgan fingerprint density at radius 1 is 1.00 bits per heavy atom. The van der Waals surface area contributed by atoms with E-state index >= 15 is 0 Å². The molecule has 0 atom stereocenters. The molecule has 1 aromatic carbocycles. The van der Waals surface area contributed by atoms with Crippen molar-refractivity contribution in [2.24, 2.45) is 4.99 Å². The quantitative estimate of drug-likeness (QED) is 0.192. The van der Waals surface area contributed by atoms with Crippen molar-refractivity contribution < 1.29 is 9.47 Å². The summed E-state index contributed by atoms with van der Waals surface area (Å²) in [5, 5.41) is 6.67. The summed E-state index contributed by atoms with van der Waals surface area (Å²) in [5.74, 6) is 0.858. The van der Waals surface area contributed by atoms with Crippen molar-refractivity contribution in [2.75, 3.05) is 53.1 Å². The molecule has 1 saturated heterocycles. The highest BCUT2D eigenvalue weighted by Gasteiger charge is 2.10. The van der Waals surface area contributed by atoms with Crippen molar-refractivity contribution in [2.45, 2.75) is 45.7 Å². The number of nitrogens with zero attached hydrogens (tertiary/aromatic N) is 2. The van der Waals surface area contributed by atoms with E-state index in [0.29, 0.717) is 19.8 Å². The zero-order valence-corrected chi connectivity index (χ0v) is 20.5. The highest BCUT2D eigenvalue weighted by molar-refractivity contribution is 14.0. The lowest BCUT2D eigenvalue weighted by atomic mass is 10.1. The maximum atomic E-state index is 5.48. The van der Waals surface area contributed by atoms with E-state index in [4.69, 9.17) is 14.5 Å². The Bertz CT molecular complexity index is 548. The van der Waals surface area contributed by atoms with Gasteiger partial charge in [-0.3, -0.25) is 4.90 Å². The van der Waals surface area contributed by atoms with Gasteiger partial charge in [-0.15, -0.1) is 24.0 Å². The number of piperidine rings is 1. The first-order valence-corrected chi connectivity index (χ1v) is 10.7. The van der Waals surface area contributed by atoms with Crippen LogP contribution in [0.4, 0.5) is 0 Å². The number of hydrogen-bond donors (Lipinski definition) is 2. The van der Waals surface area contributed by atoms with E-state index in [9.17, 15) is 0 Å². The third-order valence-electron chi connectivity index (χ3n) is 4.83. The fourth-order valence-corrected chi connectivity index (χ4v) is 3.26. The van der Waals surface area contributed by atoms with Crippen LogP contribution in [0.25, 0.3) is 0 Å². The van der Waals surface area contributed by atoms with Crippen LogP contribution < -0.4 is 10.6 Å². The Morgan fingerprint density at radius 3 is 2.41 bits per heavy atom. The van der Waals surface area contributed by atoms with Crippen molar-refractivity contribution >= 4 is 29.9 Å². The minimum absolute atomic E-state index is 0. The van der Waals surface area contributed by atoms with Crippen molar-refractivity contribution in [3.8, 4) is 0 Å². The summed E-state index contributed by atoms with van der Waals surface area (Å²) in [6, 6.07) is 8.90. The number of hydrogen-bond acceptors (Lipinski definition) is 4. The van der Waals surface area contributed by atoms with Crippen LogP contribution >= 0.6 is 24.0 Å². The molecule has 29 heavy (non-hydrogen) atoms. The average Bonchev–Trinajstić information content (AvgIpc) is 2.73. The van der Waals surface area contributed by atoms with Gasteiger partial charge in [-0.05, 0) is 50.4 Å². The van der Waals surface area contributed by atoms with E-state index in [1.54, 1.807) is 7.11 Å². The second-order valence-electron chi connectivity index (χ2n) is 7.23. The summed E-state index contributed by atoms with van der Waals surface area (Å²) >= 11 is 0. The lowest BCUT2D eigenvalue weighted by Crippen LogP contribution is -2.38. The van der Waals surface area contributed by atoms with Crippen LogP contribution in [-0.4, -0.2) is 64.0 Å². The van der Waals surface area contributed by atoms with Gasteiger partial charge in [0.2, 0.25) is 0 Å². The molecular weight excluding hydrogens is 479 g/mol. The van der Waals surface area contributed by atoms with E-state index in [-0.39, 0.29) is 24.0 Å². The molecule has 0 saturated carbocycles. The topological polar surface area (TPSA) is 58.1 Å². The Labute approximate surface area is 193 Å². The van der Waals surface area contributed by atoms with Crippen LogP contribution in [0.5, 0.6) is 0 Å². The molecule has 2 rings (SSSR count). The van der Waals surface area contributed by atoms with E-state index in [1.165, 1.54) is 43.5 Å². The summed E-state index contributed by atoms with van der Waals surface area (Å²) in [7, 11) is 1.69. The number of aliphatic imine (C=N–C) groups is 1. The molecule has 0 unspecified atom stereocenters. The number of halogens is 1. The molecule has 0 spiro atoms. The Balaban J connectivity index is 0.00000420. The van der Waals surface area contributed by atoms with Gasteiger partial charge in [-0.1, -0.05) is 30.7 Å². The Morgan fingerprint density at radius 2 is 1.72 bits per heavy atom. The molecular formula is C22H39IN4O2. The van der Waals surface area contributed by atoms with Crippen LogP contribution in [0.3, 0.4) is 0 Å². The highest BCUT2D eigenvalue weighted by atomic mass is 127. The van der Waals surface area contributed by atoms with Gasteiger partial charge < -0.3 is 20.1 Å². The van der Waals surface area contributed by atoms with E-state index < -0.39 is 0 Å². The molecule has 0 aliphatic carbocycles. The highest BCUT2D eigenvalue weighted by Crippen LogP contribution is 2.14. The van der Waals surface area contributed by atoms with Gasteiger partial charge in [0.05, 0.1) is 19.8 Å². The fourth-order valence-electron chi connectivity index (χ4n) is 3.26. The van der Waals surface area contributed by atoms with Gasteiger partial charge in [-0.2, -0.15) is 0 Å². The molecule has 166 valence electrons. The largest absolute Gasteiger partial charge is 0.382 e. The van der Waals surface area contributed by atoms with Crippen LogP contribution in [0.2, 0.25) is 0 Å². The molecule has 0 amide bonds. The van der Waals surface area contributed by atoms with E-state index in [1.807, 2.05) is 0 Å². The maximum absolute atomic E-state index is 5.48. The molecule has 7 heteroatoms. The van der Waals surface area contributed by atoms with Crippen molar-refractivity contribution in [1.29, 1.82) is 0 Å². The van der Waals surface area contributed by atoms with Crippen molar-refractivity contribution in [1.82, 2.24) is 15.5 Å². The number of benzene rings is 1. The Hall–Kier alpha value is -0.900. The van der Waals surface area contributed by atoms with Gasteiger partial charge in [0.25, 0.3) is 0 Å². The third-order valence-corrected chi connectivity index (χ3v) is 4.83. The zero-order valence-electron chi connectivity index (χ0n) is 18.1. The van der Waals surface area contributed by atoms with Crippen molar-refractivity contribution in [3.63, 3.8) is 0 Å². The molecule has 1 fully saturated rings. The van der Waals surface area contributed by atoms with Gasteiger partial charge in [0, 0.05) is 33.4 Å². The number of ether oxygens (including phenoxy) is 2. The first-order valence-electron chi connectivity index (χ1n) is 10.7. The molecule has 0 bridgehead atoms. The predicted octanol–water partition coefficient (Wildman–Crippen LogP) is 3.40. The van der Waals surface area contributed by atoms with Gasteiger partial charge >= 0.3 is 0 Å². The first kappa shape index (κ1) is 26.1. The second kappa shape index (κ2) is 16.8. The smallest absolute Gasteiger partial charge is 0.191 e. The second-order valence-corrected chi connectivity index (χ2v) is 7.23. The number of likely N-dealkylation sites (tertiary alicyclic amines) is 1. The van der Waals surface area contributed by atoms with Crippen LogP contribution in [0.15, 0.2) is 29.3 Å². The van der Waals surface area contributed by atoms with Gasteiger partial charge in [0.1, 0.15) is 0 Å². The molecule has 1 heterocycles. The monoisotopic (exact) mass is 518 g/mol. The summed E-state index contributed by atoms with van der Waals surface area (Å²) in [6.45, 7) is 10.0. The lowest BCUT2D eigenvalue weighted by Gasteiger charge is -2.26. The van der Waals surface area contributed by atoms with Gasteiger partial charge in [0.15, 0.2) is 5.96 Å². The van der Waals surface area contributed by atoms with Crippen LogP contribution in [-0.2, 0) is 22.6 Å². The van der Waals surface area contributed by atoms with E-state index in [0.717, 1.165) is 38.6 Å². The number of nitrogens with one attached hydrogen (secondary N) is 2. The molecule has 2 N–H and O–H groups in total. The Kier molecular flexibility index (Phi) is 15.2. The molecule has 1 aliphatic rings. The SMILES string of the molecule is CCNC(=NCc1ccc(CN2CCCCC2)cc1)NCCCOCCOC.I. The number of methoxy groups -OCH3 is 1. The predicted molar refractivity (Wildman–Crippen MR) is 131 cm³/mol. The summed E-state index contributed by atoms with van der Waals surface area (Å²) in [6.07, 6.45) is 5.01. The average molecular weight is 518 g/mol. The normalized spacial score (nSPS) is 15.0. The molecule has 0 aromatic heterocycles. The molecule has 1 aromatic rings. The van der Waals surface area contributed by atoms with Crippen LogP contribution in [0, 0.1) is 0 Å². The molecule has 6 nitrogen and oxygen atoms in total. The first-order chi connectivity index (χ1) is 13.8. The van der Waals surface area contributed by atoms with E-state index in [2.05, 4.69) is 46.7 Å².